The van der Waals surface area contributed by atoms with Crippen molar-refractivity contribution in [1.82, 2.24) is 19.2 Å². The Hall–Kier alpha value is -2.58. The molecule has 2 aromatic heterocycles. The van der Waals surface area contributed by atoms with E-state index in [1.165, 1.54) is 4.57 Å². The van der Waals surface area contributed by atoms with Crippen LogP contribution in [0.1, 0.15) is 51.1 Å². The van der Waals surface area contributed by atoms with E-state index in [-0.39, 0.29) is 30.0 Å². The maximum atomic E-state index is 13.6. The number of alkyl halides is 1. The molecule has 0 radical (unpaired) electrons. The van der Waals surface area contributed by atoms with Crippen LogP contribution in [-0.4, -0.2) is 58.2 Å². The number of nitrogens with zero attached hydrogens (tertiary/aromatic N) is 3. The molecule has 4 rings (SSSR count). The first-order valence-corrected chi connectivity index (χ1v) is 12.8. The number of aromatic nitrogens is 2. The second-order valence-corrected chi connectivity index (χ2v) is 10.1. The average molecular weight is 505 g/mol. The Bertz CT molecular complexity index is 1170. The molecule has 2 unspecified atom stereocenters. The lowest BCUT2D eigenvalue weighted by Gasteiger charge is -2.28. The van der Waals surface area contributed by atoms with Crippen molar-refractivity contribution in [1.29, 1.82) is 0 Å². The summed E-state index contributed by atoms with van der Waals surface area (Å²) in [6, 6.07) is 1.69. The minimum atomic E-state index is -0.732. The van der Waals surface area contributed by atoms with Crippen molar-refractivity contribution in [2.45, 2.75) is 64.2 Å². The number of ether oxygens (including phenoxy) is 1. The van der Waals surface area contributed by atoms with Crippen molar-refractivity contribution in [2.24, 2.45) is 0 Å². The third-order valence-corrected chi connectivity index (χ3v) is 6.62. The molecule has 2 atom stereocenters. The van der Waals surface area contributed by atoms with Crippen LogP contribution in [0, 0.1) is 0 Å². The van der Waals surface area contributed by atoms with Gasteiger partial charge in [0.2, 0.25) is 5.91 Å². The molecule has 1 fully saturated rings. The van der Waals surface area contributed by atoms with Crippen LogP contribution >= 0.6 is 11.6 Å². The van der Waals surface area contributed by atoms with E-state index in [9.17, 15) is 14.0 Å². The number of fused-ring (bicyclic) bond motifs is 1. The summed E-state index contributed by atoms with van der Waals surface area (Å²) in [5.41, 5.74) is 0.911. The fraction of sp³-hybridized carbons (Fsp3) is 0.538. The lowest BCUT2D eigenvalue weighted by Crippen LogP contribution is -2.37. The van der Waals surface area contributed by atoms with E-state index in [1.807, 2.05) is 38.3 Å². The predicted molar refractivity (Wildman–Crippen MR) is 136 cm³/mol. The van der Waals surface area contributed by atoms with E-state index in [4.69, 9.17) is 16.3 Å². The SMILES string of the molecule is CC(C)NC(=O)Cn1c(C2C=C(Cl)C=CC2)cn2cc(OCCCN3CCCC(F)C3)cc2c1=O. The Kier molecular flexibility index (Phi) is 8.34. The summed E-state index contributed by atoms with van der Waals surface area (Å²) in [6.07, 6.45) is 11.7. The lowest BCUT2D eigenvalue weighted by molar-refractivity contribution is -0.122. The highest BCUT2D eigenvalue weighted by Gasteiger charge is 2.21. The highest BCUT2D eigenvalue weighted by molar-refractivity contribution is 6.31. The minimum absolute atomic E-state index is 0.0219. The molecule has 1 amide bonds. The third kappa shape index (κ3) is 6.55. The Morgan fingerprint density at radius 3 is 2.91 bits per heavy atom. The van der Waals surface area contributed by atoms with Gasteiger partial charge in [0.05, 0.1) is 12.8 Å². The van der Waals surface area contributed by atoms with Gasteiger partial charge in [-0.15, -0.1) is 0 Å². The van der Waals surface area contributed by atoms with Gasteiger partial charge in [-0.1, -0.05) is 23.8 Å². The molecule has 190 valence electrons. The molecule has 1 aliphatic carbocycles. The second kappa shape index (κ2) is 11.4. The number of carbonyl (C=O) groups excluding carboxylic acids is 1. The van der Waals surface area contributed by atoms with E-state index < -0.39 is 6.17 Å². The Labute approximate surface area is 210 Å². The predicted octanol–water partition coefficient (Wildman–Crippen LogP) is 3.99. The smallest absolute Gasteiger partial charge is 0.275 e. The van der Waals surface area contributed by atoms with Gasteiger partial charge in [0, 0.05) is 48.0 Å². The van der Waals surface area contributed by atoms with Crippen molar-refractivity contribution in [3.8, 4) is 5.75 Å². The van der Waals surface area contributed by atoms with Gasteiger partial charge in [-0.2, -0.15) is 0 Å². The molecule has 2 aromatic rings. The van der Waals surface area contributed by atoms with Crippen LogP contribution in [0.15, 0.2) is 46.5 Å². The van der Waals surface area contributed by atoms with Crippen LogP contribution in [0.25, 0.3) is 5.52 Å². The monoisotopic (exact) mass is 504 g/mol. The van der Waals surface area contributed by atoms with Crippen molar-refractivity contribution in [3.05, 3.63) is 57.8 Å². The number of rotatable bonds is 9. The molecule has 1 saturated heterocycles. The van der Waals surface area contributed by atoms with Crippen molar-refractivity contribution < 1.29 is 13.9 Å². The Morgan fingerprint density at radius 2 is 2.17 bits per heavy atom. The number of hydrogen-bond acceptors (Lipinski definition) is 4. The number of nitrogens with one attached hydrogen (secondary N) is 1. The largest absolute Gasteiger partial charge is 0.492 e. The topological polar surface area (TPSA) is 68.0 Å². The van der Waals surface area contributed by atoms with Gasteiger partial charge in [0.15, 0.2) is 0 Å². The number of allylic oxidation sites excluding steroid dienone is 4. The van der Waals surface area contributed by atoms with Crippen LogP contribution < -0.4 is 15.6 Å². The van der Waals surface area contributed by atoms with Gasteiger partial charge in [0.25, 0.3) is 5.56 Å². The van der Waals surface area contributed by atoms with Gasteiger partial charge in [0.1, 0.15) is 24.0 Å². The molecule has 3 heterocycles. The molecule has 9 heteroatoms. The van der Waals surface area contributed by atoms with Crippen molar-refractivity contribution in [2.75, 3.05) is 26.2 Å². The Morgan fingerprint density at radius 1 is 1.34 bits per heavy atom. The molecule has 2 aliphatic rings. The number of halogens is 2. The zero-order valence-electron chi connectivity index (χ0n) is 20.4. The molecule has 0 aromatic carbocycles. The van der Waals surface area contributed by atoms with Crippen molar-refractivity contribution in [3.63, 3.8) is 0 Å². The zero-order valence-corrected chi connectivity index (χ0v) is 21.1. The van der Waals surface area contributed by atoms with E-state index in [1.54, 1.807) is 16.7 Å². The zero-order chi connectivity index (χ0) is 24.9. The number of hydrogen-bond donors (Lipinski definition) is 1. The number of piperidine rings is 1. The Balaban J connectivity index is 1.53. The molecular weight excluding hydrogens is 471 g/mol. The number of likely N-dealkylation sites (tertiary alicyclic amines) is 1. The third-order valence-electron chi connectivity index (χ3n) is 6.36. The fourth-order valence-corrected chi connectivity index (χ4v) is 5.02. The normalized spacial score (nSPS) is 20.9. The van der Waals surface area contributed by atoms with Crippen LogP contribution in [0.5, 0.6) is 5.75 Å². The number of amides is 1. The summed E-state index contributed by atoms with van der Waals surface area (Å²) in [5, 5.41) is 3.47. The molecule has 1 N–H and O–H groups in total. The molecule has 7 nitrogen and oxygen atoms in total. The van der Waals surface area contributed by atoms with E-state index in [2.05, 4.69) is 10.2 Å². The van der Waals surface area contributed by atoms with Gasteiger partial charge in [-0.3, -0.25) is 14.2 Å². The average Bonchev–Trinajstić information content (AvgIpc) is 3.21. The first kappa shape index (κ1) is 25.5. The first-order valence-electron chi connectivity index (χ1n) is 12.4. The molecular formula is C26H34ClFN4O3. The van der Waals surface area contributed by atoms with E-state index in [0.717, 1.165) is 31.6 Å². The van der Waals surface area contributed by atoms with Crippen LogP contribution in [0.2, 0.25) is 0 Å². The second-order valence-electron chi connectivity index (χ2n) is 9.67. The summed E-state index contributed by atoms with van der Waals surface area (Å²) in [7, 11) is 0. The minimum Gasteiger partial charge on any atom is -0.492 e. The standard InChI is InChI=1S/C26H34ClFN4O3/c1-18(2)29-25(33)17-32-24(19-6-3-7-20(27)12-19)16-31-15-22(13-23(31)26(32)34)35-11-5-10-30-9-4-8-21(28)14-30/h3,7,12-13,15-16,18-19,21H,4-6,8-11,14,17H2,1-2H3,(H,29,33). The maximum absolute atomic E-state index is 13.6. The van der Waals surface area contributed by atoms with Gasteiger partial charge in [-0.05, 0) is 52.2 Å². The van der Waals surface area contributed by atoms with Crippen molar-refractivity contribution >= 4 is 23.0 Å². The summed E-state index contributed by atoms with van der Waals surface area (Å²) in [5.74, 6) is 0.258. The van der Waals surface area contributed by atoms with Gasteiger partial charge >= 0.3 is 0 Å². The quantitative estimate of drug-likeness (QED) is 0.524. The van der Waals surface area contributed by atoms with Crippen LogP contribution in [-0.2, 0) is 11.3 Å². The lowest BCUT2D eigenvalue weighted by atomic mass is 9.97. The molecule has 35 heavy (non-hydrogen) atoms. The number of carbonyl (C=O) groups is 1. The summed E-state index contributed by atoms with van der Waals surface area (Å²) < 4.78 is 22.8. The molecule has 1 aliphatic heterocycles. The van der Waals surface area contributed by atoms with E-state index in [0.29, 0.717) is 42.3 Å². The van der Waals surface area contributed by atoms with Gasteiger partial charge < -0.3 is 19.4 Å². The highest BCUT2D eigenvalue weighted by atomic mass is 35.5. The summed E-state index contributed by atoms with van der Waals surface area (Å²) >= 11 is 6.24. The summed E-state index contributed by atoms with van der Waals surface area (Å²) in [4.78, 5) is 28.2. The molecule has 0 spiro atoms. The fourth-order valence-electron chi connectivity index (χ4n) is 4.78. The van der Waals surface area contributed by atoms with Crippen LogP contribution in [0.3, 0.4) is 0 Å². The summed E-state index contributed by atoms with van der Waals surface area (Å²) in [6.45, 7) is 6.40. The van der Waals surface area contributed by atoms with Gasteiger partial charge in [-0.25, -0.2) is 4.39 Å². The first-order chi connectivity index (χ1) is 16.8. The highest BCUT2D eigenvalue weighted by Crippen LogP contribution is 2.29. The van der Waals surface area contributed by atoms with Crippen LogP contribution in [0.4, 0.5) is 4.39 Å². The molecule has 0 saturated carbocycles. The maximum Gasteiger partial charge on any atom is 0.275 e. The van der Waals surface area contributed by atoms with E-state index >= 15 is 0 Å². The molecule has 0 bridgehead atoms.